The van der Waals surface area contributed by atoms with Gasteiger partial charge in [0.1, 0.15) is 11.4 Å². The zero-order valence-electron chi connectivity index (χ0n) is 25.2. The fourth-order valence-electron chi connectivity index (χ4n) is 4.57. The number of ether oxygens (including phenoxy) is 1. The predicted molar refractivity (Wildman–Crippen MR) is 157 cm³/mol. The number of hydrogen-bond acceptors (Lipinski definition) is 7. The van der Waals surface area contributed by atoms with Crippen molar-refractivity contribution in [3.63, 3.8) is 0 Å². The minimum Gasteiger partial charge on any atom is -0.444 e. The van der Waals surface area contributed by atoms with Crippen LogP contribution in [0.1, 0.15) is 54.7 Å². The molecule has 0 spiro atoms. The van der Waals surface area contributed by atoms with Gasteiger partial charge in [-0.2, -0.15) is 0 Å². The van der Waals surface area contributed by atoms with Crippen LogP contribution in [0, 0.1) is 12.7 Å². The van der Waals surface area contributed by atoms with E-state index in [-0.39, 0.29) is 49.4 Å². The van der Waals surface area contributed by atoms with Gasteiger partial charge in [-0.05, 0) is 75.6 Å². The van der Waals surface area contributed by atoms with Crippen molar-refractivity contribution in [3.05, 3.63) is 64.5 Å². The molecule has 2 aromatic rings. The van der Waals surface area contributed by atoms with Crippen molar-refractivity contribution in [2.75, 3.05) is 44.7 Å². The van der Waals surface area contributed by atoms with Crippen LogP contribution in [-0.4, -0.2) is 84.1 Å². The van der Waals surface area contributed by atoms with Crippen molar-refractivity contribution in [1.29, 1.82) is 0 Å². The molecule has 0 aliphatic carbocycles. The molecule has 3 rings (SSSR count). The molecule has 11 nitrogen and oxygen atoms in total. The molecule has 0 radical (unpaired) electrons. The Morgan fingerprint density at radius 3 is 2.38 bits per heavy atom. The number of benzene rings is 2. The Kier molecular flexibility index (Phi) is 10.5. The number of aryl methyl sites for hydroxylation is 1. The first-order chi connectivity index (χ1) is 19.7. The molecule has 0 bridgehead atoms. The van der Waals surface area contributed by atoms with Gasteiger partial charge in [0.15, 0.2) is 0 Å². The summed E-state index contributed by atoms with van der Waals surface area (Å²) in [6.45, 7) is 10.3. The van der Waals surface area contributed by atoms with Crippen LogP contribution in [0.5, 0.6) is 0 Å². The molecule has 42 heavy (non-hydrogen) atoms. The number of anilines is 1. The highest BCUT2D eigenvalue weighted by molar-refractivity contribution is 5.95. The number of fused-ring (bicyclic) bond motifs is 1. The van der Waals surface area contributed by atoms with Gasteiger partial charge in [0, 0.05) is 51.0 Å². The van der Waals surface area contributed by atoms with Gasteiger partial charge in [-0.1, -0.05) is 12.1 Å². The highest BCUT2D eigenvalue weighted by Crippen LogP contribution is 2.26. The first-order valence-electron chi connectivity index (χ1n) is 13.9. The van der Waals surface area contributed by atoms with E-state index in [1.165, 1.54) is 22.0 Å². The van der Waals surface area contributed by atoms with Crippen LogP contribution in [0.4, 0.5) is 14.9 Å². The number of hydrazine groups is 1. The molecule has 3 N–H and O–H groups in total. The van der Waals surface area contributed by atoms with Crippen molar-refractivity contribution in [1.82, 2.24) is 20.2 Å². The average Bonchev–Trinajstić information content (AvgIpc) is 3.32. The summed E-state index contributed by atoms with van der Waals surface area (Å²) in [4.78, 5) is 53.9. The number of rotatable bonds is 11. The number of halogens is 1. The molecule has 0 saturated carbocycles. The number of nitrogens with zero attached hydrogens (tertiary/aromatic N) is 4. The summed E-state index contributed by atoms with van der Waals surface area (Å²) in [5, 5.41) is 6.07. The fraction of sp³-hybridized carbons (Fsp3) is 0.467. The Labute approximate surface area is 246 Å². The lowest BCUT2D eigenvalue weighted by molar-refractivity contribution is -0.145. The molecule has 4 amide bonds. The third-order valence-electron chi connectivity index (χ3n) is 6.89. The van der Waals surface area contributed by atoms with E-state index in [0.29, 0.717) is 25.3 Å². The SMILES string of the molecule is CCN(CCNC(=O)CN(CC(=O)N(C)N1Cc2ccc(F)cc2C1)c1cc(C(N)=O)ccc1C)C(=O)OC(C)(C)C. The molecule has 228 valence electrons. The molecule has 0 aromatic heterocycles. The summed E-state index contributed by atoms with van der Waals surface area (Å²) in [6.07, 6.45) is -0.472. The summed E-state index contributed by atoms with van der Waals surface area (Å²) in [7, 11) is 1.63. The third kappa shape index (κ3) is 8.65. The van der Waals surface area contributed by atoms with Gasteiger partial charge in [0.05, 0.1) is 13.1 Å². The normalized spacial score (nSPS) is 12.8. The van der Waals surface area contributed by atoms with Crippen LogP contribution in [0.3, 0.4) is 0 Å². The Balaban J connectivity index is 1.71. The molecule has 1 aliphatic heterocycles. The maximum atomic E-state index is 13.7. The van der Waals surface area contributed by atoms with Crippen LogP contribution in [-0.2, 0) is 27.4 Å². The second-order valence-electron chi connectivity index (χ2n) is 11.3. The standard InChI is InChI=1S/C30H41FN6O5/c1-7-35(29(41)42-30(3,4)5)13-12-33-26(38)18-36(25-15-21(28(32)40)9-8-20(25)2)19-27(39)34(6)37-16-22-10-11-24(31)14-23(22)17-37/h8-11,14-15H,7,12-13,16-19H2,1-6H3,(H2,32,40)(H,33,38). The first kappa shape index (κ1) is 32.3. The largest absolute Gasteiger partial charge is 0.444 e. The molecular weight excluding hydrogens is 543 g/mol. The van der Waals surface area contributed by atoms with Gasteiger partial charge in [-0.25, -0.2) is 14.2 Å². The number of primary amides is 1. The van der Waals surface area contributed by atoms with Crippen LogP contribution >= 0.6 is 0 Å². The molecule has 0 saturated heterocycles. The predicted octanol–water partition coefficient (Wildman–Crippen LogP) is 2.80. The summed E-state index contributed by atoms with van der Waals surface area (Å²) in [5.41, 5.74) is 8.11. The van der Waals surface area contributed by atoms with Gasteiger partial charge in [-0.15, -0.1) is 0 Å². The third-order valence-corrected chi connectivity index (χ3v) is 6.89. The number of nitrogens with one attached hydrogen (secondary N) is 1. The number of nitrogens with two attached hydrogens (primary N) is 1. The number of carbonyl (C=O) groups excluding carboxylic acids is 4. The summed E-state index contributed by atoms with van der Waals surface area (Å²) < 4.78 is 19.1. The molecule has 1 heterocycles. The minimum atomic E-state index is -0.640. The second kappa shape index (κ2) is 13.6. The first-order valence-corrected chi connectivity index (χ1v) is 13.9. The average molecular weight is 585 g/mol. The number of amides is 4. The van der Waals surface area contributed by atoms with Crippen LogP contribution in [0.2, 0.25) is 0 Å². The van der Waals surface area contributed by atoms with Gasteiger partial charge in [0.2, 0.25) is 11.8 Å². The van der Waals surface area contributed by atoms with Gasteiger partial charge < -0.3 is 25.6 Å². The quantitative estimate of drug-likeness (QED) is 0.416. The van der Waals surface area contributed by atoms with Crippen molar-refractivity contribution in [3.8, 4) is 0 Å². The van der Waals surface area contributed by atoms with Gasteiger partial charge >= 0.3 is 6.09 Å². The van der Waals surface area contributed by atoms with Gasteiger partial charge in [-0.3, -0.25) is 19.4 Å². The Bertz CT molecular complexity index is 1330. The van der Waals surface area contributed by atoms with E-state index in [2.05, 4.69) is 5.32 Å². The molecule has 0 unspecified atom stereocenters. The Morgan fingerprint density at radius 1 is 1.05 bits per heavy atom. The van der Waals surface area contributed by atoms with Crippen molar-refractivity contribution in [2.24, 2.45) is 5.73 Å². The highest BCUT2D eigenvalue weighted by atomic mass is 19.1. The maximum Gasteiger partial charge on any atom is 0.410 e. The molecule has 12 heteroatoms. The lowest BCUT2D eigenvalue weighted by atomic mass is 10.1. The Hall–Kier alpha value is -4.19. The molecule has 1 aliphatic rings. The van der Waals surface area contributed by atoms with Crippen molar-refractivity contribution in [2.45, 2.75) is 53.3 Å². The smallest absolute Gasteiger partial charge is 0.410 e. The molecule has 0 atom stereocenters. The summed E-state index contributed by atoms with van der Waals surface area (Å²) in [6, 6.07) is 9.43. The van der Waals surface area contributed by atoms with E-state index in [9.17, 15) is 23.6 Å². The second-order valence-corrected chi connectivity index (χ2v) is 11.3. The van der Waals surface area contributed by atoms with Gasteiger partial charge in [0.25, 0.3) is 5.91 Å². The fourth-order valence-corrected chi connectivity index (χ4v) is 4.57. The number of carbonyl (C=O) groups is 4. The van der Waals surface area contributed by atoms with E-state index in [1.807, 2.05) is 13.8 Å². The van der Waals surface area contributed by atoms with Crippen LogP contribution < -0.4 is 16.0 Å². The maximum absolute atomic E-state index is 13.7. The van der Waals surface area contributed by atoms with E-state index in [1.54, 1.807) is 62.0 Å². The number of hydrogen-bond donors (Lipinski definition) is 2. The molecule has 0 fully saturated rings. The van der Waals surface area contributed by atoms with Crippen molar-refractivity contribution < 1.29 is 28.3 Å². The number of likely N-dealkylation sites (N-methyl/N-ethyl adjacent to an activating group) is 2. The summed E-state index contributed by atoms with van der Waals surface area (Å²) in [5.74, 6) is -1.65. The van der Waals surface area contributed by atoms with E-state index < -0.39 is 17.6 Å². The minimum absolute atomic E-state index is 0.173. The van der Waals surface area contributed by atoms with E-state index in [0.717, 1.165) is 16.7 Å². The molecule has 2 aromatic carbocycles. The monoisotopic (exact) mass is 584 g/mol. The van der Waals surface area contributed by atoms with E-state index >= 15 is 0 Å². The molecular formula is C30H41FN6O5. The summed E-state index contributed by atoms with van der Waals surface area (Å²) >= 11 is 0. The topological polar surface area (TPSA) is 129 Å². The lowest BCUT2D eigenvalue weighted by Gasteiger charge is -2.32. The van der Waals surface area contributed by atoms with Crippen LogP contribution in [0.25, 0.3) is 0 Å². The highest BCUT2D eigenvalue weighted by Gasteiger charge is 2.28. The zero-order chi connectivity index (χ0) is 31.2. The van der Waals surface area contributed by atoms with E-state index in [4.69, 9.17) is 10.5 Å². The lowest BCUT2D eigenvalue weighted by Crippen LogP contribution is -2.48. The Morgan fingerprint density at radius 2 is 1.74 bits per heavy atom. The zero-order valence-corrected chi connectivity index (χ0v) is 25.2. The van der Waals surface area contributed by atoms with Crippen molar-refractivity contribution >= 4 is 29.5 Å². The van der Waals surface area contributed by atoms with Crippen LogP contribution in [0.15, 0.2) is 36.4 Å².